The van der Waals surface area contributed by atoms with Gasteiger partial charge >= 0.3 is 5.97 Å². The molecule has 0 aliphatic heterocycles. The molecule has 0 aliphatic rings. The Bertz CT molecular complexity index is 254. The number of hydrogen-bond donors (Lipinski definition) is 3. The summed E-state index contributed by atoms with van der Waals surface area (Å²) in [5.41, 5.74) is 5.54. The van der Waals surface area contributed by atoms with Crippen LogP contribution < -0.4 is 11.1 Å². The maximum atomic E-state index is 11.8. The Morgan fingerprint density at radius 1 is 1.29 bits per heavy atom. The number of amides is 1. The normalized spacial score (nSPS) is 14.4. The van der Waals surface area contributed by atoms with E-state index in [1.54, 1.807) is 0 Å². The fourth-order valence-corrected chi connectivity index (χ4v) is 1.56. The first kappa shape index (κ1) is 15.9. The van der Waals surface area contributed by atoms with E-state index in [0.717, 1.165) is 0 Å². The SMILES string of the molecule is CC(CCC(=O)O)CNC(=O)C(CN)C(C)C. The molecule has 0 saturated carbocycles. The average molecular weight is 244 g/mol. The first-order chi connectivity index (χ1) is 7.88. The summed E-state index contributed by atoms with van der Waals surface area (Å²) < 4.78 is 0. The van der Waals surface area contributed by atoms with Gasteiger partial charge in [0.15, 0.2) is 0 Å². The maximum Gasteiger partial charge on any atom is 0.303 e. The molecule has 0 saturated heterocycles. The maximum absolute atomic E-state index is 11.8. The van der Waals surface area contributed by atoms with Gasteiger partial charge in [-0.1, -0.05) is 20.8 Å². The first-order valence-electron chi connectivity index (χ1n) is 6.08. The van der Waals surface area contributed by atoms with Crippen molar-refractivity contribution >= 4 is 11.9 Å². The van der Waals surface area contributed by atoms with Crippen molar-refractivity contribution in [2.75, 3.05) is 13.1 Å². The number of aliphatic carboxylic acids is 1. The van der Waals surface area contributed by atoms with Gasteiger partial charge in [0.05, 0.1) is 5.92 Å². The monoisotopic (exact) mass is 244 g/mol. The number of carbonyl (C=O) groups is 2. The highest BCUT2D eigenvalue weighted by Gasteiger charge is 2.20. The molecule has 2 unspecified atom stereocenters. The number of nitrogens with one attached hydrogen (secondary N) is 1. The molecule has 0 aliphatic carbocycles. The Balaban J connectivity index is 3.93. The summed E-state index contributed by atoms with van der Waals surface area (Å²) in [6, 6.07) is 0. The Labute approximate surface area is 103 Å². The summed E-state index contributed by atoms with van der Waals surface area (Å²) in [5, 5.41) is 11.4. The highest BCUT2D eigenvalue weighted by Crippen LogP contribution is 2.10. The van der Waals surface area contributed by atoms with Gasteiger partial charge in [-0.2, -0.15) is 0 Å². The van der Waals surface area contributed by atoms with Crippen molar-refractivity contribution < 1.29 is 14.7 Å². The second kappa shape index (κ2) is 8.06. The number of carboxylic acids is 1. The fraction of sp³-hybridized carbons (Fsp3) is 0.833. The van der Waals surface area contributed by atoms with Gasteiger partial charge in [-0.05, 0) is 18.3 Å². The standard InChI is InChI=1S/C12H24N2O3/c1-8(2)10(6-13)12(17)14-7-9(3)4-5-11(15)16/h8-10H,4-7,13H2,1-3H3,(H,14,17)(H,15,16). The number of nitrogens with two attached hydrogens (primary N) is 1. The summed E-state index contributed by atoms with van der Waals surface area (Å²) in [6.45, 7) is 6.70. The third kappa shape index (κ3) is 6.94. The zero-order valence-electron chi connectivity index (χ0n) is 10.9. The van der Waals surface area contributed by atoms with E-state index in [4.69, 9.17) is 10.8 Å². The number of hydrogen-bond acceptors (Lipinski definition) is 3. The Morgan fingerprint density at radius 2 is 1.88 bits per heavy atom. The van der Waals surface area contributed by atoms with Crippen molar-refractivity contribution in [3.8, 4) is 0 Å². The Morgan fingerprint density at radius 3 is 2.29 bits per heavy atom. The minimum absolute atomic E-state index is 0.0373. The molecule has 0 aromatic rings. The van der Waals surface area contributed by atoms with Crippen LogP contribution >= 0.6 is 0 Å². The molecule has 0 radical (unpaired) electrons. The van der Waals surface area contributed by atoms with E-state index in [9.17, 15) is 9.59 Å². The molecule has 100 valence electrons. The van der Waals surface area contributed by atoms with Crippen LogP contribution in [0.3, 0.4) is 0 Å². The van der Waals surface area contributed by atoms with Crippen LogP contribution in [-0.4, -0.2) is 30.1 Å². The van der Waals surface area contributed by atoms with E-state index in [-0.39, 0.29) is 30.1 Å². The molecule has 17 heavy (non-hydrogen) atoms. The average Bonchev–Trinajstić information content (AvgIpc) is 2.23. The van der Waals surface area contributed by atoms with Crippen molar-refractivity contribution in [2.45, 2.75) is 33.6 Å². The molecule has 0 heterocycles. The third-order valence-electron chi connectivity index (χ3n) is 2.87. The van der Waals surface area contributed by atoms with Gasteiger partial charge in [-0.15, -0.1) is 0 Å². The lowest BCUT2D eigenvalue weighted by atomic mass is 9.95. The van der Waals surface area contributed by atoms with Crippen molar-refractivity contribution in [1.82, 2.24) is 5.32 Å². The van der Waals surface area contributed by atoms with Crippen molar-refractivity contribution in [1.29, 1.82) is 0 Å². The van der Waals surface area contributed by atoms with Gasteiger partial charge in [0, 0.05) is 19.5 Å². The van der Waals surface area contributed by atoms with Crippen molar-refractivity contribution in [2.24, 2.45) is 23.5 Å². The summed E-state index contributed by atoms with van der Waals surface area (Å²) in [4.78, 5) is 22.1. The van der Waals surface area contributed by atoms with Crippen LogP contribution in [0.2, 0.25) is 0 Å². The zero-order chi connectivity index (χ0) is 13.4. The molecule has 1 amide bonds. The lowest BCUT2D eigenvalue weighted by Crippen LogP contribution is -2.39. The van der Waals surface area contributed by atoms with E-state index in [2.05, 4.69) is 5.32 Å². The summed E-state index contributed by atoms with van der Waals surface area (Å²) in [5.74, 6) is -0.619. The highest BCUT2D eigenvalue weighted by atomic mass is 16.4. The van der Waals surface area contributed by atoms with Gasteiger partial charge in [0.1, 0.15) is 0 Å². The van der Waals surface area contributed by atoms with Crippen molar-refractivity contribution in [3.05, 3.63) is 0 Å². The predicted molar refractivity (Wildman–Crippen MR) is 66.4 cm³/mol. The molecule has 0 bridgehead atoms. The lowest BCUT2D eigenvalue weighted by Gasteiger charge is -2.19. The predicted octanol–water partition coefficient (Wildman–Crippen LogP) is 0.834. The molecule has 5 nitrogen and oxygen atoms in total. The lowest BCUT2D eigenvalue weighted by molar-refractivity contribution is -0.137. The zero-order valence-corrected chi connectivity index (χ0v) is 10.9. The van der Waals surface area contributed by atoms with E-state index < -0.39 is 5.97 Å². The first-order valence-corrected chi connectivity index (χ1v) is 6.08. The van der Waals surface area contributed by atoms with Crippen LogP contribution in [0.15, 0.2) is 0 Å². The minimum Gasteiger partial charge on any atom is -0.481 e. The quantitative estimate of drug-likeness (QED) is 0.589. The molecular weight excluding hydrogens is 220 g/mol. The smallest absolute Gasteiger partial charge is 0.303 e. The summed E-state index contributed by atoms with van der Waals surface area (Å²) in [7, 11) is 0. The number of carboxylic acid groups (broad SMARTS) is 1. The highest BCUT2D eigenvalue weighted by molar-refractivity contribution is 5.79. The minimum atomic E-state index is -0.801. The van der Waals surface area contributed by atoms with Crippen LogP contribution in [0, 0.1) is 17.8 Å². The molecule has 2 atom stereocenters. The van der Waals surface area contributed by atoms with Gasteiger partial charge in [-0.25, -0.2) is 0 Å². The third-order valence-corrected chi connectivity index (χ3v) is 2.87. The molecule has 5 heteroatoms. The van der Waals surface area contributed by atoms with Gasteiger partial charge in [-0.3, -0.25) is 9.59 Å². The van der Waals surface area contributed by atoms with Gasteiger partial charge < -0.3 is 16.2 Å². The van der Waals surface area contributed by atoms with Crippen molar-refractivity contribution in [3.63, 3.8) is 0 Å². The van der Waals surface area contributed by atoms with Crippen LogP contribution in [0.5, 0.6) is 0 Å². The van der Waals surface area contributed by atoms with Crippen LogP contribution in [0.4, 0.5) is 0 Å². The largest absolute Gasteiger partial charge is 0.481 e. The second-order valence-electron chi connectivity index (χ2n) is 4.87. The Hall–Kier alpha value is -1.10. The molecule has 0 spiro atoms. The molecular formula is C12H24N2O3. The van der Waals surface area contributed by atoms with Crippen LogP contribution in [0.25, 0.3) is 0 Å². The Kier molecular flexibility index (Phi) is 7.54. The summed E-state index contributed by atoms with van der Waals surface area (Å²) >= 11 is 0. The van der Waals surface area contributed by atoms with Crippen LogP contribution in [0.1, 0.15) is 33.6 Å². The van der Waals surface area contributed by atoms with E-state index in [1.807, 2.05) is 20.8 Å². The number of rotatable bonds is 8. The molecule has 0 aromatic carbocycles. The topological polar surface area (TPSA) is 92.4 Å². The molecule has 0 fully saturated rings. The van der Waals surface area contributed by atoms with Crippen LogP contribution in [-0.2, 0) is 9.59 Å². The summed E-state index contributed by atoms with van der Waals surface area (Å²) in [6.07, 6.45) is 0.714. The fourth-order valence-electron chi connectivity index (χ4n) is 1.56. The van der Waals surface area contributed by atoms with Gasteiger partial charge in [0.2, 0.25) is 5.91 Å². The van der Waals surface area contributed by atoms with E-state index >= 15 is 0 Å². The van der Waals surface area contributed by atoms with E-state index in [1.165, 1.54) is 0 Å². The molecule has 0 aromatic heterocycles. The molecule has 4 N–H and O–H groups in total. The van der Waals surface area contributed by atoms with E-state index in [0.29, 0.717) is 19.5 Å². The number of carbonyl (C=O) groups excluding carboxylic acids is 1. The molecule has 0 rings (SSSR count). The second-order valence-corrected chi connectivity index (χ2v) is 4.87. The van der Waals surface area contributed by atoms with Gasteiger partial charge in [0.25, 0.3) is 0 Å².